The molecule has 0 fully saturated rings. The van der Waals surface area contributed by atoms with Gasteiger partial charge < -0.3 is 20.3 Å². The van der Waals surface area contributed by atoms with Crippen LogP contribution in [0.4, 0.5) is 5.69 Å². The smallest absolute Gasteiger partial charge is 0.332 e. The highest BCUT2D eigenvalue weighted by Crippen LogP contribution is 2.40. The predicted octanol–water partition coefficient (Wildman–Crippen LogP) is 4.99. The van der Waals surface area contributed by atoms with Crippen molar-refractivity contribution in [2.45, 2.75) is 55.3 Å². The lowest BCUT2D eigenvalue weighted by molar-refractivity contribution is -0.150. The molecule has 2 rings (SSSR count). The standard InChI is InChI=1S/C24H33NO4S/c1-2-3-4-5-11-16-29-23(27)18-28-17-21(26)24(19-12-7-6-8-13-19)30-22-15-10-9-14-20(22)25/h6-10,12-15,21,24,26H,2-5,11,16-18,25H2,1H3. The van der Waals surface area contributed by atoms with E-state index < -0.39 is 12.1 Å². The SMILES string of the molecule is CCCCCCCOC(=O)COCC(O)C(Sc1ccccc1N)c1ccccc1. The number of nitrogens with two attached hydrogens (primary N) is 1. The minimum absolute atomic E-state index is 0.0326. The van der Waals surface area contributed by atoms with Crippen molar-refractivity contribution in [2.75, 3.05) is 25.6 Å². The van der Waals surface area contributed by atoms with Crippen LogP contribution in [0.3, 0.4) is 0 Å². The van der Waals surface area contributed by atoms with Crippen LogP contribution in [0.25, 0.3) is 0 Å². The molecule has 0 bridgehead atoms. The lowest BCUT2D eigenvalue weighted by atomic mass is 10.1. The number of hydrogen-bond acceptors (Lipinski definition) is 6. The van der Waals surface area contributed by atoms with E-state index in [1.54, 1.807) is 0 Å². The van der Waals surface area contributed by atoms with Gasteiger partial charge in [-0.05, 0) is 24.1 Å². The van der Waals surface area contributed by atoms with Gasteiger partial charge in [-0.3, -0.25) is 0 Å². The Hall–Kier alpha value is -2.02. The maximum Gasteiger partial charge on any atom is 0.332 e. The van der Waals surface area contributed by atoms with Crippen LogP contribution in [0.1, 0.15) is 49.8 Å². The largest absolute Gasteiger partial charge is 0.464 e. The van der Waals surface area contributed by atoms with E-state index in [-0.39, 0.29) is 18.5 Å². The number of benzene rings is 2. The fourth-order valence-electron chi connectivity index (χ4n) is 3.02. The van der Waals surface area contributed by atoms with E-state index in [0.717, 1.165) is 23.3 Å². The van der Waals surface area contributed by atoms with Gasteiger partial charge in [0, 0.05) is 10.6 Å². The lowest BCUT2D eigenvalue weighted by Crippen LogP contribution is -2.25. The van der Waals surface area contributed by atoms with Gasteiger partial charge in [-0.2, -0.15) is 0 Å². The maximum absolute atomic E-state index is 11.8. The molecular formula is C24H33NO4S. The summed E-state index contributed by atoms with van der Waals surface area (Å²) in [4.78, 5) is 12.7. The highest BCUT2D eigenvalue weighted by atomic mass is 32.2. The van der Waals surface area contributed by atoms with Crippen molar-refractivity contribution in [3.63, 3.8) is 0 Å². The summed E-state index contributed by atoms with van der Waals surface area (Å²) in [5.41, 5.74) is 7.71. The van der Waals surface area contributed by atoms with Gasteiger partial charge in [-0.15, -0.1) is 11.8 Å². The molecule has 0 saturated carbocycles. The molecule has 2 aromatic rings. The van der Waals surface area contributed by atoms with Crippen molar-refractivity contribution >= 4 is 23.4 Å². The van der Waals surface area contributed by atoms with Crippen molar-refractivity contribution < 1.29 is 19.4 Å². The van der Waals surface area contributed by atoms with Crippen LogP contribution >= 0.6 is 11.8 Å². The van der Waals surface area contributed by atoms with Crippen LogP contribution in [-0.4, -0.2) is 37.0 Å². The molecular weight excluding hydrogens is 398 g/mol. The second-order valence-corrected chi connectivity index (χ2v) is 8.39. The number of carbonyl (C=O) groups is 1. The molecule has 0 heterocycles. The monoisotopic (exact) mass is 431 g/mol. The molecule has 3 N–H and O–H groups in total. The first-order chi connectivity index (χ1) is 14.6. The van der Waals surface area contributed by atoms with Gasteiger partial charge in [0.25, 0.3) is 0 Å². The number of esters is 1. The third-order valence-electron chi connectivity index (χ3n) is 4.67. The zero-order valence-corrected chi connectivity index (χ0v) is 18.5. The van der Waals surface area contributed by atoms with Crippen LogP contribution in [-0.2, 0) is 14.3 Å². The van der Waals surface area contributed by atoms with E-state index in [4.69, 9.17) is 15.2 Å². The first-order valence-electron chi connectivity index (χ1n) is 10.6. The van der Waals surface area contributed by atoms with Crippen LogP contribution in [0.5, 0.6) is 0 Å². The number of nitrogen functional groups attached to an aromatic ring is 1. The van der Waals surface area contributed by atoms with E-state index in [1.807, 2.05) is 54.6 Å². The number of aliphatic hydroxyl groups excluding tert-OH is 1. The van der Waals surface area contributed by atoms with Crippen molar-refractivity contribution in [2.24, 2.45) is 0 Å². The molecule has 0 aliphatic heterocycles. The third kappa shape index (κ3) is 8.78. The van der Waals surface area contributed by atoms with Gasteiger partial charge >= 0.3 is 5.97 Å². The summed E-state index contributed by atoms with van der Waals surface area (Å²) in [5.74, 6) is -0.395. The average Bonchev–Trinajstić information content (AvgIpc) is 2.76. The Kier molecular flexibility index (Phi) is 11.4. The van der Waals surface area contributed by atoms with Gasteiger partial charge in [0.2, 0.25) is 0 Å². The van der Waals surface area contributed by atoms with E-state index >= 15 is 0 Å². The normalized spacial score (nSPS) is 13.0. The van der Waals surface area contributed by atoms with E-state index in [2.05, 4.69) is 6.92 Å². The molecule has 2 unspecified atom stereocenters. The molecule has 0 aliphatic rings. The van der Waals surface area contributed by atoms with Crippen LogP contribution in [0, 0.1) is 0 Å². The summed E-state index contributed by atoms with van der Waals surface area (Å²) in [6.07, 6.45) is 4.71. The number of aliphatic hydroxyl groups is 1. The Morgan fingerprint density at radius 3 is 2.47 bits per heavy atom. The summed E-state index contributed by atoms with van der Waals surface area (Å²) in [7, 11) is 0. The van der Waals surface area contributed by atoms with Gasteiger partial charge in [0.05, 0.1) is 24.6 Å². The summed E-state index contributed by atoms with van der Waals surface area (Å²) in [6, 6.07) is 17.3. The van der Waals surface area contributed by atoms with E-state index in [0.29, 0.717) is 12.3 Å². The Labute approximate surface area is 184 Å². The molecule has 164 valence electrons. The molecule has 0 saturated heterocycles. The Morgan fingerprint density at radius 1 is 1.03 bits per heavy atom. The number of anilines is 1. The Bertz CT molecular complexity index is 741. The molecule has 0 radical (unpaired) electrons. The first kappa shape index (κ1) is 24.3. The number of hydrogen-bond donors (Lipinski definition) is 2. The lowest BCUT2D eigenvalue weighted by Gasteiger charge is -2.23. The van der Waals surface area contributed by atoms with Crippen molar-refractivity contribution in [3.05, 3.63) is 60.2 Å². The maximum atomic E-state index is 11.8. The molecule has 0 aromatic heterocycles. The third-order valence-corrected chi connectivity index (χ3v) is 6.14. The fraction of sp³-hybridized carbons (Fsp3) is 0.458. The van der Waals surface area contributed by atoms with Crippen molar-refractivity contribution in [1.29, 1.82) is 0 Å². The van der Waals surface area contributed by atoms with Crippen LogP contribution in [0.15, 0.2) is 59.5 Å². The summed E-state index contributed by atoms with van der Waals surface area (Å²) in [6.45, 7) is 2.46. The van der Waals surface area contributed by atoms with Gasteiger partial charge in [-0.1, -0.05) is 75.1 Å². The summed E-state index contributed by atoms with van der Waals surface area (Å²) < 4.78 is 10.6. The molecule has 0 aliphatic carbocycles. The molecule has 30 heavy (non-hydrogen) atoms. The molecule has 2 aromatic carbocycles. The van der Waals surface area contributed by atoms with Gasteiger partial charge in [-0.25, -0.2) is 4.79 Å². The number of rotatable bonds is 14. The Balaban J connectivity index is 1.82. The van der Waals surface area contributed by atoms with E-state index in [1.165, 1.54) is 31.0 Å². The van der Waals surface area contributed by atoms with Crippen LogP contribution < -0.4 is 5.73 Å². The Morgan fingerprint density at radius 2 is 1.73 bits per heavy atom. The van der Waals surface area contributed by atoms with Gasteiger partial charge in [0.15, 0.2) is 0 Å². The minimum Gasteiger partial charge on any atom is -0.464 e. The summed E-state index contributed by atoms with van der Waals surface area (Å²) >= 11 is 1.49. The zero-order valence-electron chi connectivity index (χ0n) is 17.7. The first-order valence-corrected chi connectivity index (χ1v) is 11.5. The summed E-state index contributed by atoms with van der Waals surface area (Å²) in [5, 5.41) is 10.5. The number of thioether (sulfide) groups is 1. The molecule has 6 heteroatoms. The molecule has 0 amide bonds. The zero-order chi connectivity index (χ0) is 21.6. The minimum atomic E-state index is -0.807. The number of para-hydroxylation sites is 1. The molecule has 2 atom stereocenters. The van der Waals surface area contributed by atoms with E-state index in [9.17, 15) is 9.90 Å². The van der Waals surface area contributed by atoms with Crippen molar-refractivity contribution in [3.8, 4) is 0 Å². The van der Waals surface area contributed by atoms with Crippen LogP contribution in [0.2, 0.25) is 0 Å². The number of ether oxygens (including phenoxy) is 2. The second kappa shape index (κ2) is 14.1. The molecule has 0 spiro atoms. The predicted molar refractivity (Wildman–Crippen MR) is 122 cm³/mol. The fourth-order valence-corrected chi connectivity index (χ4v) is 4.18. The average molecular weight is 432 g/mol. The molecule has 5 nitrogen and oxygen atoms in total. The topological polar surface area (TPSA) is 81.8 Å². The highest BCUT2D eigenvalue weighted by Gasteiger charge is 2.24. The van der Waals surface area contributed by atoms with Gasteiger partial charge in [0.1, 0.15) is 6.61 Å². The number of unbranched alkanes of at least 4 members (excludes halogenated alkanes) is 4. The van der Waals surface area contributed by atoms with Crippen molar-refractivity contribution in [1.82, 2.24) is 0 Å². The second-order valence-electron chi connectivity index (χ2n) is 7.20. The number of carbonyl (C=O) groups excluding carboxylic acids is 1. The highest BCUT2D eigenvalue weighted by molar-refractivity contribution is 7.99. The quantitative estimate of drug-likeness (QED) is 0.190.